The monoisotopic (exact) mass is 315 g/mol. The summed E-state index contributed by atoms with van der Waals surface area (Å²) in [5, 5.41) is 2.93. The van der Waals surface area contributed by atoms with Crippen molar-refractivity contribution in [3.8, 4) is 0 Å². The van der Waals surface area contributed by atoms with E-state index in [2.05, 4.69) is 10.0 Å². The molecule has 1 aromatic heterocycles. The molecule has 2 N–H and O–H groups in total. The lowest BCUT2D eigenvalue weighted by atomic mass is 10.3. The highest BCUT2D eigenvalue weighted by Gasteiger charge is 2.23. The summed E-state index contributed by atoms with van der Waals surface area (Å²) in [5.74, 6) is 0.548. The molecule has 0 spiro atoms. The summed E-state index contributed by atoms with van der Waals surface area (Å²) in [6.07, 6.45) is 2.11. The molecule has 1 aliphatic rings. The van der Waals surface area contributed by atoms with E-state index in [1.54, 1.807) is 13.0 Å². The second-order valence-electron chi connectivity index (χ2n) is 5.06. The molecule has 2 heterocycles. The maximum atomic E-state index is 12.1. The molecule has 0 aliphatic carbocycles. The van der Waals surface area contributed by atoms with E-state index in [0.29, 0.717) is 12.3 Å². The van der Waals surface area contributed by atoms with Crippen LogP contribution in [0.2, 0.25) is 0 Å². The molecule has 1 atom stereocenters. The van der Waals surface area contributed by atoms with Crippen molar-refractivity contribution in [3.63, 3.8) is 0 Å². The molecule has 7 nitrogen and oxygen atoms in total. The third kappa shape index (κ3) is 3.84. The molecule has 1 fully saturated rings. The van der Waals surface area contributed by atoms with Crippen LogP contribution in [0.4, 0.5) is 0 Å². The average molecular weight is 315 g/mol. The molecule has 1 aromatic rings. The summed E-state index contributed by atoms with van der Waals surface area (Å²) in [6.45, 7) is 3.74. The third-order valence-electron chi connectivity index (χ3n) is 3.54. The van der Waals surface area contributed by atoms with Gasteiger partial charge in [-0.05, 0) is 38.9 Å². The summed E-state index contributed by atoms with van der Waals surface area (Å²) >= 11 is 0. The van der Waals surface area contributed by atoms with Gasteiger partial charge in [0.1, 0.15) is 5.76 Å². The number of likely N-dealkylation sites (tertiary alicyclic amines) is 1. The van der Waals surface area contributed by atoms with E-state index in [9.17, 15) is 13.2 Å². The zero-order valence-corrected chi connectivity index (χ0v) is 13.1. The molecule has 0 bridgehead atoms. The molecule has 1 unspecified atom stereocenters. The Morgan fingerprint density at radius 1 is 1.38 bits per heavy atom. The number of furan rings is 1. The van der Waals surface area contributed by atoms with Crippen LogP contribution in [0.1, 0.15) is 25.5 Å². The summed E-state index contributed by atoms with van der Waals surface area (Å²) < 4.78 is 30.5. The van der Waals surface area contributed by atoms with Gasteiger partial charge in [0.15, 0.2) is 0 Å². The minimum atomic E-state index is -3.56. The Labute approximate surface area is 124 Å². The first kappa shape index (κ1) is 16.0. The Balaban J connectivity index is 1.89. The zero-order valence-electron chi connectivity index (χ0n) is 12.3. The maximum absolute atomic E-state index is 12.1. The molecular weight excluding hydrogens is 294 g/mol. The van der Waals surface area contributed by atoms with Crippen LogP contribution in [0, 0.1) is 0 Å². The van der Waals surface area contributed by atoms with Crippen molar-refractivity contribution in [2.45, 2.75) is 37.4 Å². The number of hydrogen-bond acceptors (Lipinski definition) is 5. The zero-order chi connectivity index (χ0) is 15.5. The highest BCUT2D eigenvalue weighted by Crippen LogP contribution is 2.14. The van der Waals surface area contributed by atoms with E-state index in [1.165, 1.54) is 13.1 Å². The lowest BCUT2D eigenvalue weighted by molar-refractivity contribution is -0.132. The smallest absolute Gasteiger partial charge is 0.273 e. The molecule has 1 aliphatic heterocycles. The van der Waals surface area contributed by atoms with Crippen molar-refractivity contribution in [3.05, 3.63) is 17.9 Å². The van der Waals surface area contributed by atoms with E-state index in [4.69, 9.17) is 4.42 Å². The molecule has 0 aromatic carbocycles. The van der Waals surface area contributed by atoms with Gasteiger partial charge in [0.25, 0.3) is 10.0 Å². The van der Waals surface area contributed by atoms with Crippen molar-refractivity contribution < 1.29 is 17.6 Å². The quantitative estimate of drug-likeness (QED) is 0.787. The van der Waals surface area contributed by atoms with Crippen LogP contribution in [0.25, 0.3) is 0 Å². The van der Waals surface area contributed by atoms with Crippen LogP contribution in [0.3, 0.4) is 0 Å². The van der Waals surface area contributed by atoms with E-state index in [0.717, 1.165) is 25.9 Å². The van der Waals surface area contributed by atoms with Crippen LogP contribution in [-0.4, -0.2) is 45.4 Å². The predicted molar refractivity (Wildman–Crippen MR) is 77.1 cm³/mol. The fourth-order valence-electron chi connectivity index (χ4n) is 2.25. The van der Waals surface area contributed by atoms with Crippen molar-refractivity contribution in [1.29, 1.82) is 0 Å². The van der Waals surface area contributed by atoms with Crippen molar-refractivity contribution in [2.24, 2.45) is 0 Å². The number of rotatable bonds is 6. The van der Waals surface area contributed by atoms with Crippen molar-refractivity contribution >= 4 is 15.9 Å². The first-order valence-electron chi connectivity index (χ1n) is 6.98. The SMILES string of the molecule is CNS(=O)(=O)c1ccc(CNC(C)C(=O)N2CCCC2)o1. The van der Waals surface area contributed by atoms with Gasteiger partial charge >= 0.3 is 0 Å². The Bertz CT molecular complexity index is 590. The van der Waals surface area contributed by atoms with E-state index < -0.39 is 10.0 Å². The van der Waals surface area contributed by atoms with Crippen LogP contribution in [0.15, 0.2) is 21.6 Å². The van der Waals surface area contributed by atoms with E-state index in [1.807, 2.05) is 4.90 Å². The largest absolute Gasteiger partial charge is 0.447 e. The number of carbonyl (C=O) groups is 1. The number of nitrogens with one attached hydrogen (secondary N) is 2. The van der Waals surface area contributed by atoms with Crippen LogP contribution in [-0.2, 0) is 21.4 Å². The molecule has 8 heteroatoms. The van der Waals surface area contributed by atoms with E-state index >= 15 is 0 Å². The fraction of sp³-hybridized carbons (Fsp3) is 0.615. The summed E-state index contributed by atoms with van der Waals surface area (Å²) in [5.41, 5.74) is 0. The Morgan fingerprint density at radius 3 is 2.67 bits per heavy atom. The molecular formula is C13H21N3O4S. The molecule has 2 rings (SSSR count). The van der Waals surface area contributed by atoms with Gasteiger partial charge in [0, 0.05) is 13.1 Å². The molecule has 0 radical (unpaired) electrons. The lowest BCUT2D eigenvalue weighted by Crippen LogP contribution is -2.43. The van der Waals surface area contributed by atoms with Gasteiger partial charge in [-0.2, -0.15) is 0 Å². The summed E-state index contributed by atoms with van der Waals surface area (Å²) in [6, 6.07) is 2.66. The highest BCUT2D eigenvalue weighted by molar-refractivity contribution is 7.89. The predicted octanol–water partition coefficient (Wildman–Crippen LogP) is 0.288. The maximum Gasteiger partial charge on any atom is 0.273 e. The topological polar surface area (TPSA) is 91.7 Å². The molecule has 21 heavy (non-hydrogen) atoms. The van der Waals surface area contributed by atoms with E-state index in [-0.39, 0.29) is 17.0 Å². The molecule has 1 saturated heterocycles. The molecule has 1 amide bonds. The number of carbonyl (C=O) groups excluding carboxylic acids is 1. The standard InChI is InChI=1S/C13H21N3O4S/c1-10(13(17)16-7-3-4-8-16)15-9-11-5-6-12(20-11)21(18,19)14-2/h5-6,10,14-15H,3-4,7-9H2,1-2H3. The Morgan fingerprint density at radius 2 is 2.05 bits per heavy atom. The van der Waals surface area contributed by atoms with Gasteiger partial charge in [-0.15, -0.1) is 0 Å². The first-order chi connectivity index (χ1) is 9.94. The average Bonchev–Trinajstić information content (AvgIpc) is 3.15. The lowest BCUT2D eigenvalue weighted by Gasteiger charge is -2.20. The Kier molecular flexibility index (Phi) is 5.02. The Hall–Kier alpha value is -1.38. The van der Waals surface area contributed by atoms with Gasteiger partial charge in [-0.3, -0.25) is 10.1 Å². The number of hydrogen-bond donors (Lipinski definition) is 2. The minimum Gasteiger partial charge on any atom is -0.447 e. The van der Waals surface area contributed by atoms with Gasteiger partial charge in [-0.25, -0.2) is 13.1 Å². The van der Waals surface area contributed by atoms with Crippen molar-refractivity contribution in [1.82, 2.24) is 14.9 Å². The van der Waals surface area contributed by atoms with Gasteiger partial charge < -0.3 is 9.32 Å². The number of amides is 1. The van der Waals surface area contributed by atoms with Gasteiger partial charge in [0.05, 0.1) is 12.6 Å². The van der Waals surface area contributed by atoms with Crippen LogP contribution in [0.5, 0.6) is 0 Å². The van der Waals surface area contributed by atoms with Crippen LogP contribution < -0.4 is 10.0 Å². The summed E-state index contributed by atoms with van der Waals surface area (Å²) in [7, 11) is -2.24. The first-order valence-corrected chi connectivity index (χ1v) is 8.47. The molecule has 118 valence electrons. The summed E-state index contributed by atoms with van der Waals surface area (Å²) in [4.78, 5) is 13.9. The second kappa shape index (κ2) is 6.59. The number of sulfonamides is 1. The normalized spacial score (nSPS) is 17.1. The van der Waals surface area contributed by atoms with Gasteiger partial charge in [-0.1, -0.05) is 0 Å². The van der Waals surface area contributed by atoms with Crippen molar-refractivity contribution in [2.75, 3.05) is 20.1 Å². The molecule has 0 saturated carbocycles. The fourth-order valence-corrected chi connectivity index (χ4v) is 2.92. The second-order valence-corrected chi connectivity index (χ2v) is 6.88. The number of nitrogens with zero attached hydrogens (tertiary/aromatic N) is 1. The van der Waals surface area contributed by atoms with Gasteiger partial charge in [0.2, 0.25) is 11.0 Å². The highest BCUT2D eigenvalue weighted by atomic mass is 32.2. The third-order valence-corrected chi connectivity index (χ3v) is 4.83. The van der Waals surface area contributed by atoms with Crippen LogP contribution >= 0.6 is 0 Å². The minimum absolute atomic E-state index is 0.0714.